The van der Waals surface area contributed by atoms with Gasteiger partial charge >= 0.3 is 5.97 Å². The standard InChI is InChI=1S/C23H29N5O4/c29-21(30)8-3-1-2-5-13-31-18-11-9-17(10-12-18)26-23-24-15-19-22(27-23)28(16-25-19)20-7-4-6-14-32-20/h9-12,15-16,20H,1-8,13-14H2,(H,29,30)(H,24,26,27). The van der Waals surface area contributed by atoms with Crippen LogP contribution >= 0.6 is 0 Å². The van der Waals surface area contributed by atoms with E-state index in [1.54, 1.807) is 12.5 Å². The highest BCUT2D eigenvalue weighted by molar-refractivity contribution is 5.72. The molecule has 1 aliphatic heterocycles. The summed E-state index contributed by atoms with van der Waals surface area (Å²) in [5.41, 5.74) is 2.37. The highest BCUT2D eigenvalue weighted by Gasteiger charge is 2.19. The van der Waals surface area contributed by atoms with Gasteiger partial charge in [-0.15, -0.1) is 0 Å². The van der Waals surface area contributed by atoms with Gasteiger partial charge in [0.25, 0.3) is 0 Å². The number of carboxylic acids is 1. The van der Waals surface area contributed by atoms with E-state index in [2.05, 4.69) is 20.3 Å². The summed E-state index contributed by atoms with van der Waals surface area (Å²) in [6, 6.07) is 7.67. The first-order valence-electron chi connectivity index (χ1n) is 11.2. The molecule has 32 heavy (non-hydrogen) atoms. The molecule has 2 aromatic heterocycles. The minimum atomic E-state index is -0.732. The number of hydrogen-bond donors (Lipinski definition) is 2. The van der Waals surface area contributed by atoms with Gasteiger partial charge in [0.1, 0.15) is 17.5 Å². The molecule has 1 fully saturated rings. The minimum Gasteiger partial charge on any atom is -0.494 e. The molecule has 0 bridgehead atoms. The van der Waals surface area contributed by atoms with Crippen LogP contribution in [0.4, 0.5) is 11.6 Å². The first kappa shape index (κ1) is 22.0. The van der Waals surface area contributed by atoms with E-state index >= 15 is 0 Å². The Hall–Kier alpha value is -3.20. The minimum absolute atomic E-state index is 0.0231. The number of carboxylic acid groups (broad SMARTS) is 1. The van der Waals surface area contributed by atoms with Crippen LogP contribution in [0, 0.1) is 0 Å². The number of benzene rings is 1. The predicted octanol–water partition coefficient (Wildman–Crippen LogP) is 4.68. The van der Waals surface area contributed by atoms with Gasteiger partial charge in [-0.25, -0.2) is 9.97 Å². The third-order valence-corrected chi connectivity index (χ3v) is 5.45. The molecule has 1 aromatic carbocycles. The van der Waals surface area contributed by atoms with E-state index in [0.29, 0.717) is 12.6 Å². The van der Waals surface area contributed by atoms with Crippen LogP contribution in [0.1, 0.15) is 57.6 Å². The van der Waals surface area contributed by atoms with Crippen molar-refractivity contribution >= 4 is 28.8 Å². The van der Waals surface area contributed by atoms with Crippen molar-refractivity contribution in [2.75, 3.05) is 18.5 Å². The Kier molecular flexibility index (Phi) is 7.50. The smallest absolute Gasteiger partial charge is 0.303 e. The fraction of sp³-hybridized carbons (Fsp3) is 0.478. The molecule has 0 spiro atoms. The number of unbranched alkanes of at least 4 members (excludes halogenated alkanes) is 3. The Balaban J connectivity index is 1.29. The van der Waals surface area contributed by atoms with Gasteiger partial charge in [-0.2, -0.15) is 4.98 Å². The number of hydrogen-bond acceptors (Lipinski definition) is 7. The van der Waals surface area contributed by atoms with Crippen molar-refractivity contribution in [1.82, 2.24) is 19.5 Å². The van der Waals surface area contributed by atoms with Crippen molar-refractivity contribution in [3.8, 4) is 5.75 Å². The summed E-state index contributed by atoms with van der Waals surface area (Å²) >= 11 is 0. The Morgan fingerprint density at radius 1 is 1.16 bits per heavy atom. The number of aromatic nitrogens is 4. The summed E-state index contributed by atoms with van der Waals surface area (Å²) < 4.78 is 13.6. The normalized spacial score (nSPS) is 16.2. The second-order valence-electron chi connectivity index (χ2n) is 7.93. The van der Waals surface area contributed by atoms with Crippen LogP contribution < -0.4 is 10.1 Å². The molecule has 3 aromatic rings. The van der Waals surface area contributed by atoms with Gasteiger partial charge in [0.15, 0.2) is 5.65 Å². The zero-order chi connectivity index (χ0) is 22.2. The third kappa shape index (κ3) is 5.94. The molecule has 1 atom stereocenters. The fourth-order valence-electron chi connectivity index (χ4n) is 3.73. The Bertz CT molecular complexity index is 1010. The van der Waals surface area contributed by atoms with Crippen LogP contribution in [0.2, 0.25) is 0 Å². The molecule has 9 heteroatoms. The quantitative estimate of drug-likeness (QED) is 0.414. The molecule has 2 N–H and O–H groups in total. The number of anilines is 2. The molecule has 3 heterocycles. The van der Waals surface area contributed by atoms with Crippen LogP contribution in [0.25, 0.3) is 11.2 Å². The van der Waals surface area contributed by atoms with E-state index in [0.717, 1.165) is 74.2 Å². The second-order valence-corrected chi connectivity index (χ2v) is 7.93. The summed E-state index contributed by atoms with van der Waals surface area (Å²) in [7, 11) is 0. The number of nitrogens with one attached hydrogen (secondary N) is 1. The van der Waals surface area contributed by atoms with Gasteiger partial charge in [0.2, 0.25) is 5.95 Å². The lowest BCUT2D eigenvalue weighted by atomic mass is 10.1. The first-order chi connectivity index (χ1) is 15.7. The number of ether oxygens (including phenoxy) is 2. The van der Waals surface area contributed by atoms with Crippen LogP contribution in [-0.4, -0.2) is 43.8 Å². The molecule has 1 saturated heterocycles. The third-order valence-electron chi connectivity index (χ3n) is 5.45. The molecule has 9 nitrogen and oxygen atoms in total. The zero-order valence-corrected chi connectivity index (χ0v) is 18.1. The van der Waals surface area contributed by atoms with Crippen molar-refractivity contribution in [3.05, 3.63) is 36.8 Å². The van der Waals surface area contributed by atoms with Gasteiger partial charge in [-0.05, 0) is 56.4 Å². The SMILES string of the molecule is O=C(O)CCCCCCOc1ccc(Nc2ncc3ncn(C4CCCCO4)c3n2)cc1. The lowest BCUT2D eigenvalue weighted by Gasteiger charge is -2.23. The molecule has 1 unspecified atom stereocenters. The zero-order valence-electron chi connectivity index (χ0n) is 18.1. The number of nitrogens with zero attached hydrogens (tertiary/aromatic N) is 4. The summed E-state index contributed by atoms with van der Waals surface area (Å²) in [4.78, 5) is 23.9. The number of aliphatic carboxylic acids is 1. The molecule has 0 amide bonds. The number of fused-ring (bicyclic) bond motifs is 1. The van der Waals surface area contributed by atoms with Crippen LogP contribution in [0.5, 0.6) is 5.75 Å². The summed E-state index contributed by atoms with van der Waals surface area (Å²) in [5.74, 6) is 0.569. The highest BCUT2D eigenvalue weighted by atomic mass is 16.5. The molecular weight excluding hydrogens is 410 g/mol. The maximum absolute atomic E-state index is 10.5. The van der Waals surface area contributed by atoms with E-state index in [9.17, 15) is 4.79 Å². The van der Waals surface area contributed by atoms with E-state index in [1.807, 2.05) is 28.8 Å². The Morgan fingerprint density at radius 3 is 2.78 bits per heavy atom. The highest BCUT2D eigenvalue weighted by Crippen LogP contribution is 2.26. The predicted molar refractivity (Wildman–Crippen MR) is 120 cm³/mol. The Labute approximate surface area is 186 Å². The van der Waals surface area contributed by atoms with Gasteiger partial charge in [0, 0.05) is 18.7 Å². The second kappa shape index (κ2) is 10.9. The molecule has 1 aliphatic rings. The maximum atomic E-state index is 10.5. The molecular formula is C23H29N5O4. The maximum Gasteiger partial charge on any atom is 0.303 e. The van der Waals surface area contributed by atoms with Crippen LogP contribution in [0.3, 0.4) is 0 Å². The topological polar surface area (TPSA) is 111 Å². The first-order valence-corrected chi connectivity index (χ1v) is 11.2. The van der Waals surface area contributed by atoms with E-state index in [-0.39, 0.29) is 12.6 Å². The molecule has 170 valence electrons. The number of rotatable bonds is 11. The molecule has 0 saturated carbocycles. The summed E-state index contributed by atoms with van der Waals surface area (Å²) in [6.07, 6.45) is 10.4. The Morgan fingerprint density at radius 2 is 2.00 bits per heavy atom. The van der Waals surface area contributed by atoms with Gasteiger partial charge in [-0.1, -0.05) is 12.8 Å². The lowest BCUT2D eigenvalue weighted by Crippen LogP contribution is -2.17. The van der Waals surface area contributed by atoms with E-state index in [4.69, 9.17) is 14.6 Å². The molecule has 4 rings (SSSR count). The van der Waals surface area contributed by atoms with Crippen molar-refractivity contribution in [1.29, 1.82) is 0 Å². The average Bonchev–Trinajstić information content (AvgIpc) is 3.23. The molecule has 0 radical (unpaired) electrons. The largest absolute Gasteiger partial charge is 0.494 e. The number of carbonyl (C=O) groups is 1. The van der Waals surface area contributed by atoms with Crippen LogP contribution in [-0.2, 0) is 9.53 Å². The van der Waals surface area contributed by atoms with Crippen molar-refractivity contribution in [2.24, 2.45) is 0 Å². The van der Waals surface area contributed by atoms with Crippen molar-refractivity contribution < 1.29 is 19.4 Å². The molecule has 0 aliphatic carbocycles. The lowest BCUT2D eigenvalue weighted by molar-refractivity contribution is -0.137. The summed E-state index contributed by atoms with van der Waals surface area (Å²) in [5, 5.41) is 11.9. The van der Waals surface area contributed by atoms with Gasteiger partial charge in [0.05, 0.1) is 19.1 Å². The summed E-state index contributed by atoms with van der Waals surface area (Å²) in [6.45, 7) is 1.38. The van der Waals surface area contributed by atoms with Gasteiger partial charge < -0.3 is 19.9 Å². The number of imidazole rings is 1. The average molecular weight is 440 g/mol. The van der Waals surface area contributed by atoms with E-state index < -0.39 is 5.97 Å². The fourth-order valence-corrected chi connectivity index (χ4v) is 3.73. The van der Waals surface area contributed by atoms with E-state index in [1.165, 1.54) is 0 Å². The van der Waals surface area contributed by atoms with Crippen molar-refractivity contribution in [2.45, 2.75) is 57.6 Å². The van der Waals surface area contributed by atoms with Crippen molar-refractivity contribution in [3.63, 3.8) is 0 Å². The van der Waals surface area contributed by atoms with Gasteiger partial charge in [-0.3, -0.25) is 9.36 Å². The monoisotopic (exact) mass is 439 g/mol. The van der Waals surface area contributed by atoms with Crippen LogP contribution in [0.15, 0.2) is 36.8 Å².